The Morgan fingerprint density at radius 2 is 1.94 bits per heavy atom. The average Bonchev–Trinajstić information content (AvgIpc) is 3.08. The summed E-state index contributed by atoms with van der Waals surface area (Å²) in [4.78, 5) is 16.9. The summed E-state index contributed by atoms with van der Waals surface area (Å²) in [5.41, 5.74) is 1.56. The predicted octanol–water partition coefficient (Wildman–Crippen LogP) is 4.31. The fraction of sp³-hybridized carbons (Fsp3) is 0.240. The van der Waals surface area contributed by atoms with Crippen molar-refractivity contribution in [2.24, 2.45) is 4.99 Å². The molecule has 1 unspecified atom stereocenters. The number of aliphatic imine (C=N–C) groups is 1. The Hall–Kier alpha value is -3.41. The van der Waals surface area contributed by atoms with E-state index in [4.69, 9.17) is 4.74 Å². The van der Waals surface area contributed by atoms with Crippen LogP contribution in [-0.4, -0.2) is 27.3 Å². The van der Waals surface area contributed by atoms with E-state index in [0.717, 1.165) is 5.56 Å². The van der Waals surface area contributed by atoms with Crippen molar-refractivity contribution < 1.29 is 17.9 Å². The summed E-state index contributed by atoms with van der Waals surface area (Å²) in [5, 5.41) is 1.81. The van der Waals surface area contributed by atoms with Crippen molar-refractivity contribution in [1.82, 2.24) is 5.32 Å². The molecule has 1 aliphatic rings. The topological polar surface area (TPSA) is 84.8 Å². The molecule has 1 aliphatic heterocycles. The molecule has 1 heterocycles. The van der Waals surface area contributed by atoms with Crippen molar-refractivity contribution in [3.05, 3.63) is 89.8 Å². The Morgan fingerprint density at radius 1 is 1.16 bits per heavy atom. The molecular weight excluding hydrogens is 424 g/mol. The third kappa shape index (κ3) is 5.63. The third-order valence-electron chi connectivity index (χ3n) is 5.15. The number of benzene rings is 2. The van der Waals surface area contributed by atoms with Gasteiger partial charge in [-0.2, -0.15) is 4.99 Å². The van der Waals surface area contributed by atoms with Crippen LogP contribution in [0.3, 0.4) is 0 Å². The van der Waals surface area contributed by atoms with Crippen LogP contribution in [0.2, 0.25) is 0 Å². The van der Waals surface area contributed by atoms with Gasteiger partial charge in [-0.1, -0.05) is 43.3 Å². The van der Waals surface area contributed by atoms with E-state index in [1.54, 1.807) is 67.8 Å². The van der Waals surface area contributed by atoms with Crippen LogP contribution in [0.1, 0.15) is 36.1 Å². The minimum Gasteiger partial charge on any atom is -0.497 e. The van der Waals surface area contributed by atoms with Crippen LogP contribution in [0, 0.1) is 0 Å². The number of hydrogen-bond donors (Lipinski definition) is 1. The lowest BCUT2D eigenvalue weighted by molar-refractivity contribution is -0.120. The first kappa shape index (κ1) is 23.3. The molecule has 0 saturated heterocycles. The molecule has 0 bridgehead atoms. The van der Waals surface area contributed by atoms with Crippen LogP contribution in [0.25, 0.3) is 0 Å². The van der Waals surface area contributed by atoms with Gasteiger partial charge in [0, 0.05) is 6.42 Å². The molecule has 2 aromatic carbocycles. The SMILES string of the molecule is CCc1ccc(OC)cc1C(CCC(=O)NC1=CC=CC=C=N1)S(=O)(=O)c1ccccc1. The minimum absolute atomic E-state index is 0.0113. The number of carbonyl (C=O) groups is 1. The molecule has 2 aromatic rings. The number of aryl methyl sites for hydroxylation is 1. The fourth-order valence-corrected chi connectivity index (χ4v) is 5.35. The van der Waals surface area contributed by atoms with E-state index >= 15 is 0 Å². The molecule has 32 heavy (non-hydrogen) atoms. The number of nitrogens with one attached hydrogen (secondary N) is 1. The summed E-state index contributed by atoms with van der Waals surface area (Å²) in [7, 11) is -2.20. The summed E-state index contributed by atoms with van der Waals surface area (Å²) in [6.07, 6.45) is 7.57. The van der Waals surface area contributed by atoms with E-state index < -0.39 is 15.1 Å². The Morgan fingerprint density at radius 3 is 2.66 bits per heavy atom. The first-order valence-corrected chi connectivity index (χ1v) is 11.9. The number of hydrogen-bond acceptors (Lipinski definition) is 5. The van der Waals surface area contributed by atoms with Crippen LogP contribution in [0.15, 0.2) is 88.5 Å². The van der Waals surface area contributed by atoms with Crippen molar-refractivity contribution in [1.29, 1.82) is 0 Å². The molecular formula is C25H26N2O4S. The lowest BCUT2D eigenvalue weighted by Crippen LogP contribution is -2.24. The molecule has 0 spiro atoms. The zero-order chi connectivity index (χ0) is 23.0. The number of ether oxygens (including phenoxy) is 1. The standard InChI is InChI=1S/C25H26N2O4S/c1-3-19-13-14-20(31-2)18-22(19)23(32(29,30)21-10-6-4-7-11-21)15-16-25(28)27-24-12-8-5-9-17-26-24/h4-14,18,23H,3,15-16H2,1-2H3,(H,27,28). The fourth-order valence-electron chi connectivity index (χ4n) is 3.50. The van der Waals surface area contributed by atoms with Crippen molar-refractivity contribution in [2.75, 3.05) is 7.11 Å². The normalized spacial score (nSPS) is 13.9. The quantitative estimate of drug-likeness (QED) is 0.617. The Balaban J connectivity index is 1.93. The Bertz CT molecular complexity index is 1190. The zero-order valence-corrected chi connectivity index (χ0v) is 18.9. The number of amides is 1. The van der Waals surface area contributed by atoms with E-state index in [0.29, 0.717) is 23.6 Å². The molecule has 0 fully saturated rings. The zero-order valence-electron chi connectivity index (χ0n) is 18.1. The van der Waals surface area contributed by atoms with Gasteiger partial charge < -0.3 is 10.1 Å². The maximum absolute atomic E-state index is 13.6. The highest BCUT2D eigenvalue weighted by Gasteiger charge is 2.31. The second-order valence-corrected chi connectivity index (χ2v) is 9.33. The molecule has 6 nitrogen and oxygen atoms in total. The highest BCUT2D eigenvalue weighted by atomic mass is 32.2. The molecule has 1 atom stereocenters. The maximum Gasteiger partial charge on any atom is 0.225 e. The van der Waals surface area contributed by atoms with Crippen LogP contribution >= 0.6 is 0 Å². The molecule has 0 saturated carbocycles. The van der Waals surface area contributed by atoms with Crippen LogP contribution in [-0.2, 0) is 21.1 Å². The second kappa shape index (κ2) is 10.8. The molecule has 0 radical (unpaired) electrons. The number of rotatable bonds is 9. The first-order chi connectivity index (χ1) is 15.5. The summed E-state index contributed by atoms with van der Waals surface area (Å²) >= 11 is 0. The molecule has 0 aliphatic carbocycles. The average molecular weight is 451 g/mol. The van der Waals surface area contributed by atoms with Crippen molar-refractivity contribution in [3.8, 4) is 5.75 Å². The van der Waals surface area contributed by atoms with Crippen LogP contribution in [0.5, 0.6) is 5.75 Å². The minimum atomic E-state index is -3.75. The first-order valence-electron chi connectivity index (χ1n) is 10.4. The maximum atomic E-state index is 13.6. The van der Waals surface area contributed by atoms with Crippen LogP contribution < -0.4 is 10.1 Å². The summed E-state index contributed by atoms with van der Waals surface area (Å²) in [6.45, 7) is 1.97. The van der Waals surface area contributed by atoms with Crippen molar-refractivity contribution in [2.45, 2.75) is 36.3 Å². The number of sulfone groups is 1. The second-order valence-electron chi connectivity index (χ2n) is 7.20. The van der Waals surface area contributed by atoms with E-state index in [9.17, 15) is 13.2 Å². The number of methoxy groups -OCH3 is 1. The van der Waals surface area contributed by atoms with Gasteiger partial charge in [-0.15, -0.1) is 0 Å². The molecule has 7 heteroatoms. The van der Waals surface area contributed by atoms with Gasteiger partial charge in [-0.25, -0.2) is 8.42 Å². The lowest BCUT2D eigenvalue weighted by atomic mass is 9.99. The van der Waals surface area contributed by atoms with Gasteiger partial charge in [0.2, 0.25) is 5.91 Å². The predicted molar refractivity (Wildman–Crippen MR) is 125 cm³/mol. The third-order valence-corrected chi connectivity index (χ3v) is 7.32. The van der Waals surface area contributed by atoms with Gasteiger partial charge in [0.05, 0.1) is 17.3 Å². The summed E-state index contributed by atoms with van der Waals surface area (Å²) in [5.74, 6) is 3.31. The van der Waals surface area contributed by atoms with Gasteiger partial charge in [0.15, 0.2) is 9.84 Å². The molecule has 1 amide bonds. The van der Waals surface area contributed by atoms with E-state index in [2.05, 4.69) is 16.2 Å². The van der Waals surface area contributed by atoms with Gasteiger partial charge >= 0.3 is 0 Å². The number of carbonyl (C=O) groups excluding carboxylic acids is 1. The number of allylic oxidation sites excluding steroid dienone is 4. The molecule has 1 N–H and O–H groups in total. The van der Waals surface area contributed by atoms with E-state index in [1.807, 2.05) is 19.1 Å². The number of nitrogens with zero attached hydrogens (tertiary/aromatic N) is 1. The van der Waals surface area contributed by atoms with E-state index in [-0.39, 0.29) is 23.6 Å². The van der Waals surface area contributed by atoms with Gasteiger partial charge in [0.1, 0.15) is 11.6 Å². The molecule has 166 valence electrons. The molecule has 0 aromatic heterocycles. The van der Waals surface area contributed by atoms with E-state index in [1.165, 1.54) is 0 Å². The smallest absolute Gasteiger partial charge is 0.225 e. The Kier molecular flexibility index (Phi) is 7.82. The van der Waals surface area contributed by atoms with Crippen molar-refractivity contribution in [3.63, 3.8) is 0 Å². The highest BCUT2D eigenvalue weighted by Crippen LogP contribution is 2.36. The summed E-state index contributed by atoms with van der Waals surface area (Å²) in [6, 6.07) is 13.8. The van der Waals surface area contributed by atoms with Gasteiger partial charge in [-0.3, -0.25) is 4.79 Å². The monoisotopic (exact) mass is 450 g/mol. The molecule has 3 rings (SSSR count). The lowest BCUT2D eigenvalue weighted by Gasteiger charge is -2.21. The summed E-state index contributed by atoms with van der Waals surface area (Å²) < 4.78 is 32.6. The van der Waals surface area contributed by atoms with Gasteiger partial charge in [-0.05, 0) is 66.3 Å². The largest absolute Gasteiger partial charge is 0.497 e. The highest BCUT2D eigenvalue weighted by molar-refractivity contribution is 7.91. The Labute approximate surface area is 189 Å². The van der Waals surface area contributed by atoms with Crippen molar-refractivity contribution >= 4 is 21.6 Å². The van der Waals surface area contributed by atoms with Gasteiger partial charge in [0.25, 0.3) is 0 Å². The van der Waals surface area contributed by atoms with Crippen LogP contribution in [0.4, 0.5) is 0 Å².